The first-order valence-corrected chi connectivity index (χ1v) is 1.59. The van der Waals surface area contributed by atoms with Crippen molar-refractivity contribution in [1.29, 1.82) is 0 Å². The molecule has 1 rings (SSSR count). The molecule has 0 fully saturated rings. The molecular formula is C4H4N2O. The molecule has 1 N–H and O–H groups in total. The molecule has 0 saturated carbocycles. The molecule has 7 heavy (non-hydrogen) atoms. The molecule has 1 heterocycles. The first kappa shape index (κ1) is 5.88. The number of hydrogen-bond donors (Lipinski definition) is 1. The van der Waals surface area contributed by atoms with E-state index < -0.39 is 0 Å². The Morgan fingerprint density at radius 2 is 2.43 bits per heavy atom. The largest absolute Gasteiger partial charge is 0.295 e. The summed E-state index contributed by atoms with van der Waals surface area (Å²) in [6, 6.07) is 1.71. The molecule has 0 saturated heterocycles. The van der Waals surface area contributed by atoms with E-state index in [0.29, 0.717) is 0 Å². The molecule has 1 aromatic heterocycles. The maximum atomic E-state index is 7.75. The van der Waals surface area contributed by atoms with Gasteiger partial charge in [-0.05, 0) is 6.07 Å². The highest BCUT2D eigenvalue weighted by Gasteiger charge is 1.58. The number of nitrogens with one attached hydrogen (secondary N) is 1. The lowest BCUT2D eigenvalue weighted by Gasteiger charge is -1.48. The highest BCUT2D eigenvalue weighted by Crippen LogP contribution is 1.62. The van der Waals surface area contributed by atoms with Gasteiger partial charge in [-0.2, -0.15) is 5.10 Å². The normalized spacial score (nSPS) is 6.29. The quantitative estimate of drug-likeness (QED) is 0.460. The van der Waals surface area contributed by atoms with E-state index in [-0.39, 0.29) is 0 Å². The molecule has 3 nitrogen and oxygen atoms in total. The second kappa shape index (κ2) is 4.88. The van der Waals surface area contributed by atoms with Crippen molar-refractivity contribution in [2.75, 3.05) is 0 Å². The van der Waals surface area contributed by atoms with Crippen LogP contribution in [-0.2, 0) is 4.79 Å². The fourth-order valence-electron chi connectivity index (χ4n) is 0.186. The zero-order chi connectivity index (χ0) is 5.54. The number of H-pyrrole nitrogens is 1. The van der Waals surface area contributed by atoms with Crippen LogP contribution in [0.1, 0.15) is 0 Å². The summed E-state index contributed by atoms with van der Waals surface area (Å²) in [5.41, 5.74) is 0. The number of nitrogens with zero attached hydrogens (tertiary/aromatic N) is 1. The average molecular weight is 96.1 g/mol. The predicted octanol–water partition coefficient (Wildman–Crippen LogP) is -0.0642. The van der Waals surface area contributed by atoms with E-state index >= 15 is 0 Å². The van der Waals surface area contributed by atoms with Gasteiger partial charge in [-0.1, -0.05) is 0 Å². The summed E-state index contributed by atoms with van der Waals surface area (Å²) in [5.74, 6) is 0. The van der Waals surface area contributed by atoms with Crippen LogP contribution in [0.4, 0.5) is 0 Å². The third kappa shape index (κ3) is 2.69. The lowest BCUT2D eigenvalue weighted by molar-refractivity contribution is 0.574. The Labute approximate surface area is 41.4 Å². The van der Waals surface area contributed by atoms with Crippen molar-refractivity contribution in [3.8, 4) is 0 Å². The minimum atomic E-state index is 1.71. The maximum Gasteiger partial charge on any atom is 0.182 e. The fraction of sp³-hybridized carbons (Fsp3) is 0. The number of carbonyl (C=O) groups excluding carboxylic acids is 1. The fourth-order valence-corrected chi connectivity index (χ4v) is 0.186. The number of aromatic nitrogens is 2. The van der Waals surface area contributed by atoms with Crippen molar-refractivity contribution in [3.05, 3.63) is 18.5 Å². The van der Waals surface area contributed by atoms with Crippen molar-refractivity contribution in [2.24, 2.45) is 0 Å². The summed E-state index contributed by atoms with van der Waals surface area (Å²) in [5, 5.41) is 6.03. The lowest BCUT2D eigenvalue weighted by atomic mass is 10.8. The van der Waals surface area contributed by atoms with Crippen LogP contribution in [0, 0.1) is 6.20 Å². The van der Waals surface area contributed by atoms with Crippen LogP contribution in [0.25, 0.3) is 0 Å². The van der Waals surface area contributed by atoms with Gasteiger partial charge in [-0.25, -0.2) is 0 Å². The van der Waals surface area contributed by atoms with Crippen molar-refractivity contribution in [1.82, 2.24) is 10.2 Å². The average Bonchev–Trinajstić information content (AvgIpc) is 2.23. The van der Waals surface area contributed by atoms with Crippen LogP contribution in [0.3, 0.4) is 0 Å². The Hall–Kier alpha value is -1.12. The molecule has 2 radical (unpaired) electrons. The van der Waals surface area contributed by atoms with Crippen LogP contribution in [-0.4, -0.2) is 17.0 Å². The van der Waals surface area contributed by atoms with E-state index in [1.165, 1.54) is 0 Å². The summed E-state index contributed by atoms with van der Waals surface area (Å²) in [6.45, 7) is 3.25. The Bertz CT molecular complexity index is 76.6. The number of aromatic amines is 1. The van der Waals surface area contributed by atoms with Gasteiger partial charge in [0.25, 0.3) is 0 Å². The molecule has 0 aliphatic rings. The van der Waals surface area contributed by atoms with E-state index in [4.69, 9.17) is 4.79 Å². The Morgan fingerprint density at radius 1 is 1.71 bits per heavy atom. The van der Waals surface area contributed by atoms with Gasteiger partial charge in [-0.15, -0.1) is 0 Å². The minimum Gasteiger partial charge on any atom is -0.295 e. The molecule has 0 aliphatic heterocycles. The van der Waals surface area contributed by atoms with Crippen LogP contribution in [0.2, 0.25) is 0 Å². The molecule has 0 spiro atoms. The van der Waals surface area contributed by atoms with Gasteiger partial charge in [0.15, 0.2) is 6.79 Å². The smallest absolute Gasteiger partial charge is 0.182 e. The second-order valence-electron chi connectivity index (χ2n) is 0.703. The Kier molecular flexibility index (Phi) is 4.10. The number of rotatable bonds is 0. The number of hydrogen-bond acceptors (Lipinski definition) is 2. The summed E-state index contributed by atoms with van der Waals surface area (Å²) >= 11 is 0. The molecule has 36 valence electrons. The van der Waals surface area contributed by atoms with Crippen LogP contribution in [0.15, 0.2) is 12.3 Å². The second-order valence-corrected chi connectivity index (χ2v) is 0.703. The molecule has 0 aliphatic carbocycles. The zero-order valence-electron chi connectivity index (χ0n) is 3.59. The summed E-state index contributed by atoms with van der Waals surface area (Å²) < 4.78 is 0. The first-order chi connectivity index (χ1) is 3.50. The molecular weight excluding hydrogens is 92.1 g/mol. The Balaban J connectivity index is 0.000000162. The topological polar surface area (TPSA) is 45.8 Å². The zero-order valence-corrected chi connectivity index (χ0v) is 3.59. The van der Waals surface area contributed by atoms with E-state index in [0.717, 1.165) is 0 Å². The van der Waals surface area contributed by atoms with E-state index in [1.807, 2.05) is 0 Å². The van der Waals surface area contributed by atoms with Gasteiger partial charge in [0.05, 0.1) is 0 Å². The van der Waals surface area contributed by atoms with Crippen LogP contribution >= 0.6 is 0 Å². The molecule has 3 heteroatoms. The van der Waals surface area contributed by atoms with Crippen LogP contribution in [0.5, 0.6) is 0 Å². The first-order valence-electron chi connectivity index (χ1n) is 1.59. The van der Waals surface area contributed by atoms with E-state index in [2.05, 4.69) is 23.2 Å². The molecule has 0 bridgehead atoms. The molecule has 0 atom stereocenters. The standard InChI is InChI=1S/C3H3N2.CHO/c1-2-4-5-3-1;1-2/h1-2H,(H,4,5);1H. The van der Waals surface area contributed by atoms with Gasteiger partial charge in [0, 0.05) is 6.20 Å². The van der Waals surface area contributed by atoms with Crippen molar-refractivity contribution in [3.63, 3.8) is 0 Å². The molecule has 0 amide bonds. The van der Waals surface area contributed by atoms with E-state index in [9.17, 15) is 0 Å². The van der Waals surface area contributed by atoms with Crippen molar-refractivity contribution in [2.45, 2.75) is 0 Å². The molecule has 0 unspecified atom stereocenters. The molecule has 0 aromatic carbocycles. The van der Waals surface area contributed by atoms with Crippen LogP contribution < -0.4 is 0 Å². The van der Waals surface area contributed by atoms with Gasteiger partial charge in [0.2, 0.25) is 0 Å². The Morgan fingerprint density at radius 3 is 2.57 bits per heavy atom. The monoisotopic (exact) mass is 96.0 g/mol. The third-order valence-corrected chi connectivity index (χ3v) is 0.362. The third-order valence-electron chi connectivity index (χ3n) is 0.362. The SMILES string of the molecule is [CH]=O.[c]1cc[nH]n1. The predicted molar refractivity (Wildman–Crippen MR) is 24.2 cm³/mol. The molecule has 1 aromatic rings. The van der Waals surface area contributed by atoms with Gasteiger partial charge < -0.3 is 0 Å². The summed E-state index contributed by atoms with van der Waals surface area (Å²) in [4.78, 5) is 7.75. The van der Waals surface area contributed by atoms with Gasteiger partial charge in [-0.3, -0.25) is 9.89 Å². The lowest BCUT2D eigenvalue weighted by Crippen LogP contribution is -1.54. The van der Waals surface area contributed by atoms with Crippen molar-refractivity contribution >= 4 is 6.79 Å². The summed E-state index contributed by atoms with van der Waals surface area (Å²) in [7, 11) is 0. The van der Waals surface area contributed by atoms with Gasteiger partial charge >= 0.3 is 0 Å². The minimum absolute atomic E-state index is 1.71. The maximum absolute atomic E-state index is 7.75. The highest BCUT2D eigenvalue weighted by atomic mass is 16.1. The summed E-state index contributed by atoms with van der Waals surface area (Å²) in [6.07, 6.45) is 4.26. The van der Waals surface area contributed by atoms with Gasteiger partial charge in [0.1, 0.15) is 6.20 Å². The van der Waals surface area contributed by atoms with E-state index in [1.54, 1.807) is 12.3 Å². The highest BCUT2D eigenvalue weighted by molar-refractivity contribution is 5.12. The van der Waals surface area contributed by atoms with Crippen molar-refractivity contribution < 1.29 is 4.79 Å².